The maximum absolute atomic E-state index is 11.9. The smallest absolute Gasteiger partial charge is 0.255 e. The Labute approximate surface area is 112 Å². The van der Waals surface area contributed by atoms with Crippen LogP contribution in [0.1, 0.15) is 24.2 Å². The van der Waals surface area contributed by atoms with Gasteiger partial charge in [0, 0.05) is 12.4 Å². The largest absolute Gasteiger partial charge is 0.504 e. The number of para-hydroxylation sites is 1. The van der Waals surface area contributed by atoms with Gasteiger partial charge in [0.05, 0.1) is 12.7 Å². The van der Waals surface area contributed by atoms with Crippen LogP contribution in [0.4, 0.5) is 0 Å². The monoisotopic (exact) mass is 271 g/mol. The molecule has 18 heavy (non-hydrogen) atoms. The number of methoxy groups -OCH3 is 1. The molecule has 0 fully saturated rings. The van der Waals surface area contributed by atoms with Gasteiger partial charge in [0.2, 0.25) is 0 Å². The molecule has 2 N–H and O–H groups in total. The molecule has 1 aromatic carbocycles. The number of carbonyl (C=O) groups excluding carboxylic acids is 1. The Morgan fingerprint density at radius 2 is 2.17 bits per heavy atom. The zero-order valence-corrected chi connectivity index (χ0v) is 11.5. The molecule has 0 spiro atoms. The van der Waals surface area contributed by atoms with Crippen molar-refractivity contribution in [2.75, 3.05) is 19.5 Å². The number of phenolic OH excluding ortho intramolecular Hbond substituents is 1. The predicted octanol–water partition coefficient (Wildman–Crippen LogP) is 2.40. The molecule has 5 heteroatoms. The van der Waals surface area contributed by atoms with E-state index < -0.39 is 0 Å². The standard InChI is InChI=1S/C13H18ClNO3/c1-13(2,7-14)8-15-12(17)9-5-4-6-10(18-3)11(9)16/h4-6,16H,7-8H2,1-3H3,(H,15,17). The Morgan fingerprint density at radius 3 is 2.72 bits per heavy atom. The van der Waals surface area contributed by atoms with Crippen molar-refractivity contribution in [1.82, 2.24) is 5.32 Å². The summed E-state index contributed by atoms with van der Waals surface area (Å²) in [7, 11) is 1.44. The van der Waals surface area contributed by atoms with Crippen molar-refractivity contribution in [3.8, 4) is 11.5 Å². The van der Waals surface area contributed by atoms with Gasteiger partial charge in [-0.1, -0.05) is 19.9 Å². The van der Waals surface area contributed by atoms with Crippen molar-refractivity contribution < 1.29 is 14.6 Å². The van der Waals surface area contributed by atoms with E-state index in [0.29, 0.717) is 12.4 Å². The average Bonchev–Trinajstić information content (AvgIpc) is 2.36. The van der Waals surface area contributed by atoms with Crippen LogP contribution in [0.5, 0.6) is 11.5 Å². The van der Waals surface area contributed by atoms with Gasteiger partial charge in [0.25, 0.3) is 5.91 Å². The fourth-order valence-electron chi connectivity index (χ4n) is 1.33. The van der Waals surface area contributed by atoms with Crippen molar-refractivity contribution in [2.45, 2.75) is 13.8 Å². The zero-order valence-electron chi connectivity index (χ0n) is 10.8. The van der Waals surface area contributed by atoms with Crippen LogP contribution < -0.4 is 10.1 Å². The van der Waals surface area contributed by atoms with Gasteiger partial charge < -0.3 is 15.2 Å². The summed E-state index contributed by atoms with van der Waals surface area (Å²) in [6.45, 7) is 4.34. The number of hydrogen-bond donors (Lipinski definition) is 2. The van der Waals surface area contributed by atoms with Crippen LogP contribution in [0.25, 0.3) is 0 Å². The summed E-state index contributed by atoms with van der Waals surface area (Å²) >= 11 is 5.78. The lowest BCUT2D eigenvalue weighted by Crippen LogP contribution is -2.35. The molecule has 4 nitrogen and oxygen atoms in total. The number of aromatic hydroxyl groups is 1. The number of hydrogen-bond acceptors (Lipinski definition) is 3. The Kier molecular flexibility index (Phi) is 4.84. The normalized spacial score (nSPS) is 11.1. The zero-order chi connectivity index (χ0) is 13.8. The van der Waals surface area contributed by atoms with Gasteiger partial charge in [-0.15, -0.1) is 11.6 Å². The van der Waals surface area contributed by atoms with Crippen molar-refractivity contribution in [3.63, 3.8) is 0 Å². The summed E-state index contributed by atoms with van der Waals surface area (Å²) in [5.74, 6) is 0.224. The molecule has 0 saturated heterocycles. The number of carbonyl (C=O) groups is 1. The van der Waals surface area contributed by atoms with E-state index in [1.807, 2.05) is 13.8 Å². The SMILES string of the molecule is COc1cccc(C(=O)NCC(C)(C)CCl)c1O. The molecule has 0 aromatic heterocycles. The van der Waals surface area contributed by atoms with Gasteiger partial charge in [-0.05, 0) is 17.5 Å². The van der Waals surface area contributed by atoms with Gasteiger partial charge in [0.1, 0.15) is 0 Å². The summed E-state index contributed by atoms with van der Waals surface area (Å²) in [4.78, 5) is 11.9. The van der Waals surface area contributed by atoms with E-state index >= 15 is 0 Å². The van der Waals surface area contributed by atoms with E-state index in [4.69, 9.17) is 16.3 Å². The van der Waals surface area contributed by atoms with E-state index in [1.54, 1.807) is 18.2 Å². The number of ether oxygens (including phenoxy) is 1. The van der Waals surface area contributed by atoms with E-state index in [1.165, 1.54) is 7.11 Å². The Bertz CT molecular complexity index is 432. The molecule has 1 aromatic rings. The Morgan fingerprint density at radius 1 is 1.50 bits per heavy atom. The van der Waals surface area contributed by atoms with Crippen molar-refractivity contribution in [2.24, 2.45) is 5.41 Å². The molecule has 0 aliphatic heterocycles. The van der Waals surface area contributed by atoms with Crippen LogP contribution in [0.15, 0.2) is 18.2 Å². The fraction of sp³-hybridized carbons (Fsp3) is 0.462. The maximum atomic E-state index is 11.9. The van der Waals surface area contributed by atoms with Gasteiger partial charge in [-0.2, -0.15) is 0 Å². The highest BCUT2D eigenvalue weighted by molar-refractivity contribution is 6.18. The van der Waals surface area contributed by atoms with Crippen LogP contribution in [-0.2, 0) is 0 Å². The second-order valence-corrected chi connectivity index (χ2v) is 5.10. The van der Waals surface area contributed by atoms with Crippen molar-refractivity contribution in [1.29, 1.82) is 0 Å². The van der Waals surface area contributed by atoms with E-state index in [-0.39, 0.29) is 28.4 Å². The minimum atomic E-state index is -0.343. The molecule has 1 amide bonds. The number of amides is 1. The lowest BCUT2D eigenvalue weighted by atomic mass is 9.96. The first kappa shape index (κ1) is 14.6. The number of rotatable bonds is 5. The number of halogens is 1. The van der Waals surface area contributed by atoms with E-state index in [9.17, 15) is 9.90 Å². The van der Waals surface area contributed by atoms with Gasteiger partial charge in [0.15, 0.2) is 11.5 Å². The molecular weight excluding hydrogens is 254 g/mol. The molecule has 0 radical (unpaired) electrons. The highest BCUT2D eigenvalue weighted by Gasteiger charge is 2.20. The molecule has 0 bridgehead atoms. The van der Waals surface area contributed by atoms with Gasteiger partial charge >= 0.3 is 0 Å². The van der Waals surface area contributed by atoms with Crippen LogP contribution in [0, 0.1) is 5.41 Å². The molecule has 0 heterocycles. The Hall–Kier alpha value is -1.42. The summed E-state index contributed by atoms with van der Waals surface area (Å²) < 4.78 is 4.95. The number of benzene rings is 1. The number of phenols is 1. The minimum Gasteiger partial charge on any atom is -0.504 e. The minimum absolute atomic E-state index is 0.152. The lowest BCUT2D eigenvalue weighted by molar-refractivity contribution is 0.0936. The van der Waals surface area contributed by atoms with Crippen molar-refractivity contribution in [3.05, 3.63) is 23.8 Å². The van der Waals surface area contributed by atoms with E-state index in [0.717, 1.165) is 0 Å². The predicted molar refractivity (Wildman–Crippen MR) is 71.5 cm³/mol. The highest BCUT2D eigenvalue weighted by atomic mass is 35.5. The van der Waals surface area contributed by atoms with Crippen LogP contribution in [-0.4, -0.2) is 30.5 Å². The molecule has 0 saturated carbocycles. The first-order valence-electron chi connectivity index (χ1n) is 5.61. The first-order valence-corrected chi connectivity index (χ1v) is 6.15. The summed E-state index contributed by atoms with van der Waals surface area (Å²) in [5, 5.41) is 12.6. The molecule has 0 aliphatic rings. The maximum Gasteiger partial charge on any atom is 0.255 e. The fourth-order valence-corrected chi connectivity index (χ4v) is 1.43. The van der Waals surface area contributed by atoms with Crippen LogP contribution in [0.2, 0.25) is 0 Å². The summed E-state index contributed by atoms with van der Waals surface area (Å²) in [6, 6.07) is 4.79. The van der Waals surface area contributed by atoms with Crippen LogP contribution in [0.3, 0.4) is 0 Å². The van der Waals surface area contributed by atoms with Gasteiger partial charge in [-0.25, -0.2) is 0 Å². The molecular formula is C13H18ClNO3. The lowest BCUT2D eigenvalue weighted by Gasteiger charge is -2.21. The molecule has 1 rings (SSSR count). The first-order chi connectivity index (χ1) is 8.41. The average molecular weight is 272 g/mol. The Balaban J connectivity index is 2.79. The topological polar surface area (TPSA) is 58.6 Å². The number of nitrogens with one attached hydrogen (secondary N) is 1. The molecule has 0 unspecified atom stereocenters. The second kappa shape index (κ2) is 5.96. The van der Waals surface area contributed by atoms with Gasteiger partial charge in [-0.3, -0.25) is 4.79 Å². The third-order valence-electron chi connectivity index (χ3n) is 2.55. The summed E-state index contributed by atoms with van der Waals surface area (Å²) in [5.41, 5.74) is 0.00540. The summed E-state index contributed by atoms with van der Waals surface area (Å²) in [6.07, 6.45) is 0. The number of alkyl halides is 1. The third-order valence-corrected chi connectivity index (χ3v) is 3.28. The highest BCUT2D eigenvalue weighted by Crippen LogP contribution is 2.29. The second-order valence-electron chi connectivity index (χ2n) is 4.84. The van der Waals surface area contributed by atoms with E-state index in [2.05, 4.69) is 5.32 Å². The van der Waals surface area contributed by atoms with Crippen LogP contribution >= 0.6 is 11.6 Å². The molecule has 0 atom stereocenters. The third kappa shape index (κ3) is 3.53. The van der Waals surface area contributed by atoms with Crippen molar-refractivity contribution >= 4 is 17.5 Å². The quantitative estimate of drug-likeness (QED) is 0.809. The molecule has 0 aliphatic carbocycles. The molecule has 100 valence electrons.